The van der Waals surface area contributed by atoms with E-state index in [1.54, 1.807) is 0 Å². The summed E-state index contributed by atoms with van der Waals surface area (Å²) in [6.07, 6.45) is 2.62. The minimum atomic E-state index is -1.42. The second-order valence-electron chi connectivity index (χ2n) is 4.13. The fourth-order valence-electron chi connectivity index (χ4n) is 1.57. The molecule has 1 aromatic carbocycles. The first-order chi connectivity index (χ1) is 9.52. The largest absolute Gasteiger partial charge is 0.477 e. The van der Waals surface area contributed by atoms with Crippen LogP contribution in [0.15, 0.2) is 40.4 Å². The Balaban J connectivity index is 2.26. The molecule has 1 amide bonds. The molecule has 0 radical (unpaired) electrons. The molecule has 0 aliphatic carbocycles. The van der Waals surface area contributed by atoms with Crippen molar-refractivity contribution in [2.24, 2.45) is 0 Å². The van der Waals surface area contributed by atoms with Crippen LogP contribution in [0.4, 0.5) is 0 Å². The molecule has 108 valence electrons. The zero-order valence-electron chi connectivity index (χ0n) is 10.7. The lowest BCUT2D eigenvalue weighted by Gasteiger charge is -2.05. The molecule has 0 heterocycles. The van der Waals surface area contributed by atoms with E-state index >= 15 is 0 Å². The van der Waals surface area contributed by atoms with E-state index in [0.29, 0.717) is 6.54 Å². The number of carbonyl (C=O) groups is 2. The number of benzene rings is 1. The Hall–Kier alpha value is -1.52. The van der Waals surface area contributed by atoms with Crippen molar-refractivity contribution in [3.63, 3.8) is 0 Å². The molecular formula is C14H15Cl2NO3. The molecule has 1 aromatic rings. The number of amides is 1. The van der Waals surface area contributed by atoms with Crippen LogP contribution in [0.2, 0.25) is 0 Å². The number of aryl methyl sites for hydroxylation is 1. The van der Waals surface area contributed by atoms with Gasteiger partial charge in [-0.15, -0.1) is 0 Å². The first-order valence-electron chi connectivity index (χ1n) is 6.13. The molecule has 0 aliphatic heterocycles. The lowest BCUT2D eigenvalue weighted by atomic mass is 10.1. The minimum absolute atomic E-state index is 0.422. The summed E-state index contributed by atoms with van der Waals surface area (Å²) >= 11 is 10.9. The van der Waals surface area contributed by atoms with Gasteiger partial charge in [-0.25, -0.2) is 4.79 Å². The van der Waals surface area contributed by atoms with Crippen LogP contribution in [0.3, 0.4) is 0 Å². The molecule has 0 unspecified atom stereocenters. The van der Waals surface area contributed by atoms with E-state index in [1.807, 2.05) is 30.3 Å². The smallest absolute Gasteiger partial charge is 0.349 e. The maximum Gasteiger partial charge on any atom is 0.349 e. The molecule has 0 aliphatic rings. The van der Waals surface area contributed by atoms with Crippen LogP contribution in [0, 0.1) is 0 Å². The summed E-state index contributed by atoms with van der Waals surface area (Å²) in [4.78, 5) is 22.0. The van der Waals surface area contributed by atoms with Gasteiger partial charge >= 0.3 is 5.97 Å². The highest BCUT2D eigenvalue weighted by Crippen LogP contribution is 2.14. The molecule has 4 nitrogen and oxygen atoms in total. The highest BCUT2D eigenvalue weighted by atomic mass is 35.5. The third kappa shape index (κ3) is 5.63. The Morgan fingerprint density at radius 3 is 2.30 bits per heavy atom. The van der Waals surface area contributed by atoms with E-state index in [9.17, 15) is 9.59 Å². The van der Waals surface area contributed by atoms with Crippen molar-refractivity contribution < 1.29 is 14.7 Å². The zero-order valence-corrected chi connectivity index (χ0v) is 12.2. The number of hydrogen-bond acceptors (Lipinski definition) is 2. The number of carboxylic acid groups (broad SMARTS) is 1. The Kier molecular flexibility index (Phi) is 7.12. The maximum atomic E-state index is 11.5. The summed E-state index contributed by atoms with van der Waals surface area (Å²) in [6, 6.07) is 10.0. The Morgan fingerprint density at radius 1 is 1.05 bits per heavy atom. The molecule has 0 atom stereocenters. The highest BCUT2D eigenvalue weighted by molar-refractivity contribution is 6.53. The van der Waals surface area contributed by atoms with Crippen molar-refractivity contribution in [2.75, 3.05) is 6.54 Å². The average Bonchev–Trinajstić information content (AvgIpc) is 2.46. The number of nitrogens with one attached hydrogen (secondary N) is 1. The normalized spacial score (nSPS) is 11.7. The number of aliphatic carboxylic acids is 1. The van der Waals surface area contributed by atoms with E-state index in [-0.39, 0.29) is 0 Å². The van der Waals surface area contributed by atoms with Crippen LogP contribution in [-0.2, 0) is 16.0 Å². The zero-order chi connectivity index (χ0) is 15.0. The van der Waals surface area contributed by atoms with Gasteiger partial charge in [0.2, 0.25) is 0 Å². The molecule has 20 heavy (non-hydrogen) atoms. The van der Waals surface area contributed by atoms with Crippen molar-refractivity contribution in [1.29, 1.82) is 0 Å². The van der Waals surface area contributed by atoms with Crippen molar-refractivity contribution in [2.45, 2.75) is 19.3 Å². The second-order valence-corrected chi connectivity index (χ2v) is 4.89. The predicted octanol–water partition coefficient (Wildman–Crippen LogP) is 2.90. The molecule has 0 saturated carbocycles. The second kappa shape index (κ2) is 8.61. The fourth-order valence-corrected chi connectivity index (χ4v) is 1.81. The van der Waals surface area contributed by atoms with Gasteiger partial charge in [0, 0.05) is 6.54 Å². The number of rotatable bonds is 7. The van der Waals surface area contributed by atoms with Crippen LogP contribution in [0.1, 0.15) is 18.4 Å². The monoisotopic (exact) mass is 315 g/mol. The predicted molar refractivity (Wildman–Crippen MR) is 78.8 cm³/mol. The molecule has 2 N–H and O–H groups in total. The van der Waals surface area contributed by atoms with Gasteiger partial charge in [0.15, 0.2) is 0 Å². The summed E-state index contributed by atoms with van der Waals surface area (Å²) in [5.74, 6) is -2.09. The first kappa shape index (κ1) is 16.5. The molecule has 0 saturated heterocycles. The fraction of sp³-hybridized carbons (Fsp3) is 0.286. The maximum absolute atomic E-state index is 11.5. The van der Waals surface area contributed by atoms with Gasteiger partial charge in [-0.05, 0) is 24.8 Å². The van der Waals surface area contributed by atoms with E-state index < -0.39 is 21.9 Å². The van der Waals surface area contributed by atoms with Crippen LogP contribution >= 0.6 is 23.2 Å². The molecule has 6 heteroatoms. The highest BCUT2D eigenvalue weighted by Gasteiger charge is 2.16. The van der Waals surface area contributed by atoms with Crippen molar-refractivity contribution in [1.82, 2.24) is 5.32 Å². The van der Waals surface area contributed by atoms with Gasteiger partial charge < -0.3 is 10.4 Å². The lowest BCUT2D eigenvalue weighted by molar-refractivity contribution is -0.132. The van der Waals surface area contributed by atoms with Gasteiger partial charge in [-0.3, -0.25) is 4.79 Å². The first-order valence-corrected chi connectivity index (χ1v) is 6.88. The van der Waals surface area contributed by atoms with Gasteiger partial charge in [0.05, 0.1) is 0 Å². The number of unbranched alkanes of at least 4 members (excludes halogenated alkanes) is 1. The number of hydrogen-bond donors (Lipinski definition) is 2. The molecule has 0 fully saturated rings. The van der Waals surface area contributed by atoms with Crippen molar-refractivity contribution in [3.8, 4) is 0 Å². The summed E-state index contributed by atoms with van der Waals surface area (Å²) in [5, 5.41) is 9.94. The molecular weight excluding hydrogens is 301 g/mol. The number of halogens is 2. The summed E-state index contributed by atoms with van der Waals surface area (Å²) in [7, 11) is 0. The number of carbonyl (C=O) groups excluding carboxylic acids is 1. The van der Waals surface area contributed by atoms with Crippen LogP contribution in [-0.4, -0.2) is 23.5 Å². The number of carboxylic acids is 1. The van der Waals surface area contributed by atoms with Gasteiger partial charge in [0.1, 0.15) is 10.1 Å². The standard InChI is InChI=1S/C14H15Cl2NO3/c15-11(12(16)14(19)20)13(18)17-9-5-4-8-10-6-2-1-3-7-10/h1-3,6-7H,4-5,8-9H2,(H,17,18)(H,19,20). The topological polar surface area (TPSA) is 66.4 Å². The Morgan fingerprint density at radius 2 is 1.70 bits per heavy atom. The van der Waals surface area contributed by atoms with Crippen molar-refractivity contribution in [3.05, 3.63) is 46.0 Å². The van der Waals surface area contributed by atoms with Crippen LogP contribution < -0.4 is 5.32 Å². The van der Waals surface area contributed by atoms with E-state index in [1.165, 1.54) is 5.56 Å². The molecule has 0 aromatic heterocycles. The summed E-state index contributed by atoms with van der Waals surface area (Å²) in [5.41, 5.74) is 1.24. The lowest BCUT2D eigenvalue weighted by Crippen LogP contribution is -2.25. The molecule has 1 rings (SSSR count). The Bertz CT molecular complexity index is 500. The Labute approximate surface area is 127 Å². The van der Waals surface area contributed by atoms with Gasteiger partial charge in [-0.2, -0.15) is 0 Å². The van der Waals surface area contributed by atoms with Crippen LogP contribution in [0.5, 0.6) is 0 Å². The van der Waals surface area contributed by atoms with E-state index in [2.05, 4.69) is 5.32 Å². The van der Waals surface area contributed by atoms with Gasteiger partial charge in [-0.1, -0.05) is 53.5 Å². The van der Waals surface area contributed by atoms with Gasteiger partial charge in [0.25, 0.3) is 5.91 Å². The quantitative estimate of drug-likeness (QED) is 0.600. The van der Waals surface area contributed by atoms with E-state index in [0.717, 1.165) is 19.3 Å². The molecule has 0 spiro atoms. The molecule has 0 bridgehead atoms. The van der Waals surface area contributed by atoms with E-state index in [4.69, 9.17) is 28.3 Å². The SMILES string of the molecule is O=C(O)C(Cl)=C(Cl)C(=O)NCCCCc1ccccc1. The third-order valence-corrected chi connectivity index (χ3v) is 3.41. The summed E-state index contributed by atoms with van der Waals surface area (Å²) < 4.78 is 0. The minimum Gasteiger partial charge on any atom is -0.477 e. The van der Waals surface area contributed by atoms with Crippen molar-refractivity contribution >= 4 is 35.1 Å². The third-order valence-electron chi connectivity index (χ3n) is 2.60. The average molecular weight is 316 g/mol. The summed E-state index contributed by atoms with van der Waals surface area (Å²) in [6.45, 7) is 0.422. The van der Waals surface area contributed by atoms with Crippen LogP contribution in [0.25, 0.3) is 0 Å².